The SMILES string of the molecule is CCN1CCC(Nc2c(Cl)cnc3nc(-c4ccc(N5CCN(Cc6cnccn6)CC5)cc4)[nH]c23)CC1. The summed E-state index contributed by atoms with van der Waals surface area (Å²) in [5.74, 6) is 0.805. The zero-order valence-corrected chi connectivity index (χ0v) is 22.5. The molecule has 0 unspecified atom stereocenters. The van der Waals surface area contributed by atoms with E-state index in [-0.39, 0.29) is 0 Å². The van der Waals surface area contributed by atoms with Crippen LogP contribution >= 0.6 is 11.6 Å². The van der Waals surface area contributed by atoms with Crippen LogP contribution in [0.1, 0.15) is 25.5 Å². The van der Waals surface area contributed by atoms with Crippen LogP contribution in [0.5, 0.6) is 0 Å². The molecule has 0 aliphatic carbocycles. The highest BCUT2D eigenvalue weighted by Crippen LogP contribution is 2.32. The van der Waals surface area contributed by atoms with Gasteiger partial charge in [0, 0.05) is 81.7 Å². The Morgan fingerprint density at radius 3 is 2.45 bits per heavy atom. The van der Waals surface area contributed by atoms with Crippen LogP contribution in [0, 0.1) is 0 Å². The third-order valence-corrected chi connectivity index (χ3v) is 8.02. The molecule has 0 saturated carbocycles. The lowest BCUT2D eigenvalue weighted by Gasteiger charge is -2.36. The zero-order valence-electron chi connectivity index (χ0n) is 21.8. The second-order valence-corrected chi connectivity index (χ2v) is 10.5. The third kappa shape index (κ3) is 5.45. The highest BCUT2D eigenvalue weighted by molar-refractivity contribution is 6.34. The highest BCUT2D eigenvalue weighted by atomic mass is 35.5. The summed E-state index contributed by atoms with van der Waals surface area (Å²) >= 11 is 6.60. The molecule has 1 aromatic carbocycles. The number of benzene rings is 1. The molecule has 2 N–H and O–H groups in total. The molecule has 9 nitrogen and oxygen atoms in total. The van der Waals surface area contributed by atoms with Gasteiger partial charge in [0.25, 0.3) is 0 Å². The topological polar surface area (TPSA) is 89.1 Å². The molecular formula is C28H34ClN9. The number of anilines is 2. The molecule has 4 aromatic rings. The van der Waals surface area contributed by atoms with Gasteiger partial charge in [-0.25, -0.2) is 9.97 Å². The maximum absolute atomic E-state index is 6.60. The molecule has 6 rings (SSSR count). The maximum Gasteiger partial charge on any atom is 0.180 e. The first-order chi connectivity index (χ1) is 18.7. The number of halogens is 1. The van der Waals surface area contributed by atoms with Crippen LogP contribution in [-0.2, 0) is 6.54 Å². The van der Waals surface area contributed by atoms with E-state index in [0.717, 1.165) is 93.5 Å². The number of aromatic nitrogens is 5. The van der Waals surface area contributed by atoms with Crippen LogP contribution in [0.2, 0.25) is 5.02 Å². The maximum atomic E-state index is 6.60. The number of likely N-dealkylation sites (tertiary alicyclic amines) is 1. The number of piperidine rings is 1. The lowest BCUT2D eigenvalue weighted by molar-refractivity contribution is 0.229. The van der Waals surface area contributed by atoms with Gasteiger partial charge in [-0.05, 0) is 43.7 Å². The summed E-state index contributed by atoms with van der Waals surface area (Å²) in [5, 5.41) is 4.31. The Kier molecular flexibility index (Phi) is 7.40. The third-order valence-electron chi connectivity index (χ3n) is 7.74. The van der Waals surface area contributed by atoms with Gasteiger partial charge in [0.05, 0.1) is 22.6 Å². The smallest absolute Gasteiger partial charge is 0.180 e. The monoisotopic (exact) mass is 531 g/mol. The van der Waals surface area contributed by atoms with Crippen LogP contribution in [0.3, 0.4) is 0 Å². The number of pyridine rings is 1. The van der Waals surface area contributed by atoms with Crippen LogP contribution in [-0.4, -0.2) is 86.6 Å². The molecule has 2 aliphatic heterocycles. The van der Waals surface area contributed by atoms with E-state index in [1.54, 1.807) is 18.6 Å². The zero-order chi connectivity index (χ0) is 25.9. The molecule has 10 heteroatoms. The van der Waals surface area contributed by atoms with E-state index in [9.17, 15) is 0 Å². The Balaban J connectivity index is 1.12. The molecule has 2 aliphatic rings. The lowest BCUT2D eigenvalue weighted by atomic mass is 10.0. The van der Waals surface area contributed by atoms with E-state index in [1.165, 1.54) is 5.69 Å². The normalized spacial score (nSPS) is 17.8. The molecule has 0 spiro atoms. The molecule has 0 bridgehead atoms. The van der Waals surface area contributed by atoms with Gasteiger partial charge >= 0.3 is 0 Å². The molecule has 0 radical (unpaired) electrons. The molecule has 38 heavy (non-hydrogen) atoms. The Morgan fingerprint density at radius 2 is 1.74 bits per heavy atom. The van der Waals surface area contributed by atoms with E-state index < -0.39 is 0 Å². The van der Waals surface area contributed by atoms with Crippen molar-refractivity contribution in [2.75, 3.05) is 56.0 Å². The first kappa shape index (κ1) is 25.0. The lowest BCUT2D eigenvalue weighted by Crippen LogP contribution is -2.46. The van der Waals surface area contributed by atoms with Crippen molar-refractivity contribution in [3.63, 3.8) is 0 Å². The molecular weight excluding hydrogens is 498 g/mol. The van der Waals surface area contributed by atoms with Crippen LogP contribution < -0.4 is 10.2 Å². The summed E-state index contributed by atoms with van der Waals surface area (Å²) in [4.78, 5) is 28.7. The van der Waals surface area contributed by atoms with Crippen molar-refractivity contribution >= 4 is 34.1 Å². The van der Waals surface area contributed by atoms with Gasteiger partial charge in [0.2, 0.25) is 0 Å². The van der Waals surface area contributed by atoms with Crippen molar-refractivity contribution in [3.05, 3.63) is 59.8 Å². The fourth-order valence-corrected chi connectivity index (χ4v) is 5.64. The van der Waals surface area contributed by atoms with E-state index in [4.69, 9.17) is 16.6 Å². The summed E-state index contributed by atoms with van der Waals surface area (Å²) in [6.45, 7) is 10.4. The summed E-state index contributed by atoms with van der Waals surface area (Å²) < 4.78 is 0. The van der Waals surface area contributed by atoms with Gasteiger partial charge < -0.3 is 20.1 Å². The average molecular weight is 532 g/mol. The number of aromatic amines is 1. The van der Waals surface area contributed by atoms with Crippen molar-refractivity contribution in [2.45, 2.75) is 32.4 Å². The van der Waals surface area contributed by atoms with Gasteiger partial charge in [0.1, 0.15) is 11.3 Å². The summed E-state index contributed by atoms with van der Waals surface area (Å²) in [5.41, 5.74) is 5.74. The molecule has 0 amide bonds. The number of rotatable bonds is 7. The quantitative estimate of drug-likeness (QED) is 0.365. The second-order valence-electron chi connectivity index (χ2n) is 10.1. The Labute approximate surface area is 228 Å². The molecule has 3 aromatic heterocycles. The summed E-state index contributed by atoms with van der Waals surface area (Å²) in [6.07, 6.45) is 9.23. The number of piperazine rings is 1. The number of fused-ring (bicyclic) bond motifs is 1. The Morgan fingerprint density at radius 1 is 0.947 bits per heavy atom. The minimum Gasteiger partial charge on any atom is -0.379 e. The minimum atomic E-state index is 0.396. The van der Waals surface area contributed by atoms with Gasteiger partial charge in [-0.2, -0.15) is 0 Å². The number of hydrogen-bond acceptors (Lipinski definition) is 8. The fraction of sp³-hybridized carbons (Fsp3) is 0.429. The van der Waals surface area contributed by atoms with Crippen molar-refractivity contribution in [2.24, 2.45) is 0 Å². The number of hydrogen-bond donors (Lipinski definition) is 2. The summed E-state index contributed by atoms with van der Waals surface area (Å²) in [7, 11) is 0. The number of H-pyrrole nitrogens is 1. The number of imidazole rings is 1. The highest BCUT2D eigenvalue weighted by Gasteiger charge is 2.22. The Bertz CT molecular complexity index is 1340. The predicted molar refractivity (Wildman–Crippen MR) is 153 cm³/mol. The van der Waals surface area contributed by atoms with E-state index in [1.807, 2.05) is 6.20 Å². The average Bonchev–Trinajstić information content (AvgIpc) is 3.41. The summed E-state index contributed by atoms with van der Waals surface area (Å²) in [6, 6.07) is 9.03. The standard InChI is InChI=1S/C28H34ClN9/c1-2-36-11-7-21(8-12-36)33-25-24(29)18-32-28-26(25)34-27(35-28)20-3-5-23(6-4-20)38-15-13-37(14-16-38)19-22-17-30-9-10-31-22/h3-6,9-10,17-18,21H,2,7-8,11-16,19H2,1H3,(H2,32,33,34,35). The first-order valence-electron chi connectivity index (χ1n) is 13.5. The second kappa shape index (κ2) is 11.2. The molecule has 2 fully saturated rings. The van der Waals surface area contributed by atoms with E-state index in [2.05, 4.69) is 71.1 Å². The van der Waals surface area contributed by atoms with Gasteiger partial charge in [-0.3, -0.25) is 14.9 Å². The first-order valence-corrected chi connectivity index (χ1v) is 13.9. The number of nitrogens with one attached hydrogen (secondary N) is 2. The largest absolute Gasteiger partial charge is 0.379 e. The van der Waals surface area contributed by atoms with Gasteiger partial charge in [0.15, 0.2) is 5.65 Å². The van der Waals surface area contributed by atoms with Crippen LogP contribution in [0.25, 0.3) is 22.6 Å². The van der Waals surface area contributed by atoms with Gasteiger partial charge in [-0.15, -0.1) is 0 Å². The fourth-order valence-electron chi connectivity index (χ4n) is 5.44. The minimum absolute atomic E-state index is 0.396. The van der Waals surface area contributed by atoms with Crippen molar-refractivity contribution in [1.82, 2.24) is 34.7 Å². The van der Waals surface area contributed by atoms with Gasteiger partial charge in [-0.1, -0.05) is 18.5 Å². The van der Waals surface area contributed by atoms with E-state index in [0.29, 0.717) is 16.7 Å². The molecule has 2 saturated heterocycles. The van der Waals surface area contributed by atoms with E-state index >= 15 is 0 Å². The molecule has 0 atom stereocenters. The molecule has 5 heterocycles. The Hall–Kier alpha value is -3.27. The van der Waals surface area contributed by atoms with Crippen molar-refractivity contribution < 1.29 is 0 Å². The van der Waals surface area contributed by atoms with Crippen molar-refractivity contribution in [3.8, 4) is 11.4 Å². The number of nitrogens with zero attached hydrogens (tertiary/aromatic N) is 7. The van der Waals surface area contributed by atoms with Crippen molar-refractivity contribution in [1.29, 1.82) is 0 Å². The van der Waals surface area contributed by atoms with Crippen LogP contribution in [0.15, 0.2) is 49.1 Å². The molecule has 198 valence electrons. The van der Waals surface area contributed by atoms with Crippen LogP contribution in [0.4, 0.5) is 11.4 Å². The predicted octanol–water partition coefficient (Wildman–Crippen LogP) is 4.29.